The SMILES string of the molecule is CN(CCC(=O)O)S(=O)(=O)NCc1csc(=O)[nH]1. The number of H-pyrrole nitrogens is 1. The summed E-state index contributed by atoms with van der Waals surface area (Å²) in [5.41, 5.74) is 0.459. The van der Waals surface area contributed by atoms with Gasteiger partial charge in [0.1, 0.15) is 0 Å². The zero-order valence-corrected chi connectivity index (χ0v) is 11.2. The monoisotopic (exact) mass is 295 g/mol. The summed E-state index contributed by atoms with van der Waals surface area (Å²) in [6, 6.07) is 0. The molecule has 0 fully saturated rings. The van der Waals surface area contributed by atoms with Crippen LogP contribution in [0.2, 0.25) is 0 Å². The number of thiazole rings is 1. The normalized spacial score (nSPS) is 11.9. The Bertz CT molecular complexity index is 561. The van der Waals surface area contributed by atoms with Crippen LogP contribution in [0.3, 0.4) is 0 Å². The molecule has 0 aliphatic heterocycles. The van der Waals surface area contributed by atoms with E-state index in [0.29, 0.717) is 5.69 Å². The van der Waals surface area contributed by atoms with Gasteiger partial charge in [-0.15, -0.1) is 0 Å². The molecule has 0 radical (unpaired) electrons. The first-order chi connectivity index (χ1) is 8.31. The number of carboxylic acids is 1. The number of aromatic nitrogens is 1. The van der Waals surface area contributed by atoms with Crippen molar-refractivity contribution in [1.82, 2.24) is 14.0 Å². The first-order valence-corrected chi connectivity index (χ1v) is 7.22. The van der Waals surface area contributed by atoms with Crippen molar-refractivity contribution in [3.05, 3.63) is 20.7 Å². The van der Waals surface area contributed by atoms with Gasteiger partial charge in [-0.05, 0) is 0 Å². The van der Waals surface area contributed by atoms with E-state index in [-0.39, 0.29) is 24.4 Å². The van der Waals surface area contributed by atoms with Crippen molar-refractivity contribution in [2.75, 3.05) is 13.6 Å². The van der Waals surface area contributed by atoms with E-state index in [1.54, 1.807) is 0 Å². The molecule has 1 rings (SSSR count). The second-order valence-electron chi connectivity index (χ2n) is 3.46. The van der Waals surface area contributed by atoms with E-state index in [0.717, 1.165) is 15.6 Å². The van der Waals surface area contributed by atoms with Crippen LogP contribution in [-0.2, 0) is 21.5 Å². The van der Waals surface area contributed by atoms with E-state index in [9.17, 15) is 18.0 Å². The van der Waals surface area contributed by atoms with E-state index < -0.39 is 16.2 Å². The minimum Gasteiger partial charge on any atom is -0.481 e. The number of aromatic amines is 1. The number of hydrogen-bond acceptors (Lipinski definition) is 5. The molecule has 0 saturated carbocycles. The largest absolute Gasteiger partial charge is 0.481 e. The van der Waals surface area contributed by atoms with E-state index in [1.807, 2.05) is 0 Å². The molecule has 3 N–H and O–H groups in total. The van der Waals surface area contributed by atoms with E-state index in [4.69, 9.17) is 5.11 Å². The molecule has 102 valence electrons. The molecular formula is C8H13N3O5S2. The van der Waals surface area contributed by atoms with Crippen LogP contribution in [0.4, 0.5) is 0 Å². The summed E-state index contributed by atoms with van der Waals surface area (Å²) in [6.45, 7) is -0.163. The molecule has 0 aliphatic rings. The third-order valence-electron chi connectivity index (χ3n) is 2.07. The Hall–Kier alpha value is -1.23. The highest BCUT2D eigenvalue weighted by atomic mass is 32.2. The Morgan fingerprint density at radius 2 is 2.28 bits per heavy atom. The highest BCUT2D eigenvalue weighted by molar-refractivity contribution is 7.87. The number of hydrogen-bond donors (Lipinski definition) is 3. The summed E-state index contributed by atoms with van der Waals surface area (Å²) in [5, 5.41) is 9.97. The van der Waals surface area contributed by atoms with E-state index in [1.165, 1.54) is 12.4 Å². The zero-order valence-electron chi connectivity index (χ0n) is 9.54. The molecular weight excluding hydrogens is 282 g/mol. The maximum Gasteiger partial charge on any atom is 0.304 e. The number of carboxylic acid groups (broad SMARTS) is 1. The molecule has 0 bridgehead atoms. The summed E-state index contributed by atoms with van der Waals surface area (Å²) in [4.78, 5) is 23.4. The van der Waals surface area contributed by atoms with Crippen LogP contribution in [0.25, 0.3) is 0 Å². The molecule has 1 aromatic rings. The first kappa shape index (κ1) is 14.8. The van der Waals surface area contributed by atoms with Crippen LogP contribution in [-0.4, -0.2) is 42.4 Å². The van der Waals surface area contributed by atoms with Crippen LogP contribution in [0, 0.1) is 0 Å². The predicted molar refractivity (Wildman–Crippen MR) is 65.6 cm³/mol. The lowest BCUT2D eigenvalue weighted by molar-refractivity contribution is -0.137. The Morgan fingerprint density at radius 1 is 1.61 bits per heavy atom. The predicted octanol–water partition coefficient (Wildman–Crippen LogP) is -0.823. The standard InChI is InChI=1S/C8H13N3O5S2/c1-11(3-2-7(12)13)18(15,16)9-4-6-5-17-8(14)10-6/h5,9H,2-4H2,1H3,(H,10,14)(H,12,13). The average molecular weight is 295 g/mol. The van der Waals surface area contributed by atoms with E-state index >= 15 is 0 Å². The second kappa shape index (κ2) is 6.09. The lowest BCUT2D eigenvalue weighted by Crippen LogP contribution is -2.39. The van der Waals surface area contributed by atoms with Gasteiger partial charge >= 0.3 is 10.8 Å². The Morgan fingerprint density at radius 3 is 2.78 bits per heavy atom. The van der Waals surface area contributed by atoms with Gasteiger partial charge in [0.05, 0.1) is 13.0 Å². The van der Waals surface area contributed by atoms with Crippen molar-refractivity contribution in [2.24, 2.45) is 0 Å². The maximum absolute atomic E-state index is 11.7. The van der Waals surface area contributed by atoms with Crippen molar-refractivity contribution in [2.45, 2.75) is 13.0 Å². The summed E-state index contributed by atoms with van der Waals surface area (Å²) in [6.07, 6.45) is -0.271. The topological polar surface area (TPSA) is 120 Å². The number of rotatable bonds is 7. The fourth-order valence-electron chi connectivity index (χ4n) is 1.05. The molecule has 0 atom stereocenters. The zero-order chi connectivity index (χ0) is 13.8. The molecule has 0 saturated heterocycles. The average Bonchev–Trinajstić information content (AvgIpc) is 2.69. The quantitative estimate of drug-likeness (QED) is 0.607. The van der Waals surface area contributed by atoms with Crippen LogP contribution < -0.4 is 9.60 Å². The summed E-state index contributed by atoms with van der Waals surface area (Å²) in [5.74, 6) is -1.07. The highest BCUT2D eigenvalue weighted by Crippen LogP contribution is 2.00. The number of nitrogens with zero attached hydrogens (tertiary/aromatic N) is 1. The Labute approximate surface area is 107 Å². The molecule has 0 spiro atoms. The van der Waals surface area contributed by atoms with Crippen LogP contribution in [0.1, 0.15) is 12.1 Å². The number of aliphatic carboxylic acids is 1. The van der Waals surface area contributed by atoms with E-state index in [2.05, 4.69) is 9.71 Å². The molecule has 18 heavy (non-hydrogen) atoms. The number of nitrogens with one attached hydrogen (secondary N) is 2. The minimum atomic E-state index is -3.74. The molecule has 0 aromatic carbocycles. The van der Waals surface area contributed by atoms with Gasteiger partial charge in [0.15, 0.2) is 0 Å². The minimum absolute atomic E-state index is 0.0432. The maximum atomic E-state index is 11.7. The molecule has 1 aromatic heterocycles. The molecule has 8 nitrogen and oxygen atoms in total. The Kier molecular flexibility index (Phi) is 5.02. The molecule has 0 aliphatic carbocycles. The lowest BCUT2D eigenvalue weighted by Gasteiger charge is -2.16. The fourth-order valence-corrected chi connectivity index (χ4v) is 2.52. The van der Waals surface area contributed by atoms with Gasteiger partial charge in [-0.3, -0.25) is 9.59 Å². The van der Waals surface area contributed by atoms with Crippen molar-refractivity contribution >= 4 is 27.5 Å². The van der Waals surface area contributed by atoms with Crippen molar-refractivity contribution in [3.8, 4) is 0 Å². The lowest BCUT2D eigenvalue weighted by atomic mass is 10.4. The summed E-state index contributed by atoms with van der Waals surface area (Å²) in [7, 11) is -2.46. The molecule has 1 heterocycles. The van der Waals surface area contributed by atoms with Gasteiger partial charge in [-0.1, -0.05) is 11.3 Å². The molecule has 0 amide bonds. The van der Waals surface area contributed by atoms with Crippen LogP contribution in [0.15, 0.2) is 10.2 Å². The van der Waals surface area contributed by atoms with Crippen molar-refractivity contribution < 1.29 is 18.3 Å². The van der Waals surface area contributed by atoms with Gasteiger partial charge in [0.25, 0.3) is 10.2 Å². The molecule has 10 heteroatoms. The van der Waals surface area contributed by atoms with Crippen molar-refractivity contribution in [3.63, 3.8) is 0 Å². The third-order valence-corrected chi connectivity index (χ3v) is 4.30. The van der Waals surface area contributed by atoms with Gasteiger partial charge < -0.3 is 10.1 Å². The van der Waals surface area contributed by atoms with Crippen molar-refractivity contribution in [1.29, 1.82) is 0 Å². The van der Waals surface area contributed by atoms with Crippen LogP contribution in [0.5, 0.6) is 0 Å². The Balaban J connectivity index is 2.53. The van der Waals surface area contributed by atoms with Gasteiger partial charge in [0.2, 0.25) is 0 Å². The second-order valence-corrected chi connectivity index (χ2v) is 6.17. The first-order valence-electron chi connectivity index (χ1n) is 4.90. The smallest absolute Gasteiger partial charge is 0.304 e. The third kappa shape index (κ3) is 4.56. The van der Waals surface area contributed by atoms with Gasteiger partial charge in [0, 0.05) is 24.7 Å². The van der Waals surface area contributed by atoms with Gasteiger partial charge in [-0.2, -0.15) is 17.4 Å². The summed E-state index contributed by atoms with van der Waals surface area (Å²) < 4.78 is 26.5. The number of carbonyl (C=O) groups is 1. The summed E-state index contributed by atoms with van der Waals surface area (Å²) >= 11 is 0.940. The molecule has 0 unspecified atom stereocenters. The fraction of sp³-hybridized carbons (Fsp3) is 0.500. The van der Waals surface area contributed by atoms with Crippen LogP contribution >= 0.6 is 11.3 Å². The van der Waals surface area contributed by atoms with Gasteiger partial charge in [-0.25, -0.2) is 0 Å². The highest BCUT2D eigenvalue weighted by Gasteiger charge is 2.18.